The average Bonchev–Trinajstić information content (AvgIpc) is 2.11. The van der Waals surface area contributed by atoms with Crippen molar-refractivity contribution in [2.75, 3.05) is 6.61 Å². The van der Waals surface area contributed by atoms with Crippen LogP contribution in [0.5, 0.6) is 0 Å². The molecule has 0 N–H and O–H groups in total. The zero-order valence-electron chi connectivity index (χ0n) is 7.92. The first-order valence-corrected chi connectivity index (χ1v) is 4.07. The molecule has 98 valence electrons. The molecule has 0 fully saturated rings. The van der Waals surface area contributed by atoms with Crippen molar-refractivity contribution in [3.63, 3.8) is 0 Å². The molecule has 1 unspecified atom stereocenters. The highest BCUT2D eigenvalue weighted by atomic mass is 19.4. The second-order valence-electron chi connectivity index (χ2n) is 2.89. The van der Waals surface area contributed by atoms with Gasteiger partial charge in [-0.15, -0.1) is 0 Å². The van der Waals surface area contributed by atoms with E-state index in [-0.39, 0.29) is 6.42 Å². The highest BCUT2D eigenvalue weighted by molar-refractivity contribution is 4.89. The summed E-state index contributed by atoms with van der Waals surface area (Å²) in [5.74, 6) is -5.96. The van der Waals surface area contributed by atoms with E-state index in [1.807, 2.05) is 0 Å². The second-order valence-corrected chi connectivity index (χ2v) is 2.89. The molecule has 1 atom stereocenters. The Morgan fingerprint density at radius 3 is 1.75 bits per heavy atom. The molecular weight excluding hydrogens is 252 g/mol. The molecule has 16 heavy (non-hydrogen) atoms. The van der Waals surface area contributed by atoms with Gasteiger partial charge < -0.3 is 4.74 Å². The van der Waals surface area contributed by atoms with E-state index in [9.17, 15) is 35.1 Å². The number of hydrogen-bond donors (Lipinski definition) is 0. The molecule has 0 aromatic carbocycles. The predicted molar refractivity (Wildman–Crippen MR) is 37.1 cm³/mol. The quantitative estimate of drug-likeness (QED) is 0.687. The molecule has 0 aliphatic rings. The van der Waals surface area contributed by atoms with Gasteiger partial charge in [0, 0.05) is 0 Å². The van der Waals surface area contributed by atoms with Crippen LogP contribution in [0.2, 0.25) is 0 Å². The lowest BCUT2D eigenvalue weighted by Gasteiger charge is -2.29. The minimum atomic E-state index is -6.08. The molecule has 0 amide bonds. The standard InChI is InChI=1S/C7H8F8O/c1-2-3-16-7(14,15)5(9,10)4(8)6(11,12)13/h4H,2-3H2,1H3. The summed E-state index contributed by atoms with van der Waals surface area (Å²) in [6, 6.07) is 0. The van der Waals surface area contributed by atoms with Crippen LogP contribution >= 0.6 is 0 Å². The lowest BCUT2D eigenvalue weighted by Crippen LogP contribution is -2.54. The molecule has 0 aliphatic heterocycles. The van der Waals surface area contributed by atoms with Crippen molar-refractivity contribution in [2.24, 2.45) is 0 Å². The summed E-state index contributed by atoms with van der Waals surface area (Å²) in [5, 5.41) is 0. The van der Waals surface area contributed by atoms with E-state index in [4.69, 9.17) is 0 Å². The first-order chi connectivity index (χ1) is 6.97. The van der Waals surface area contributed by atoms with E-state index in [0.29, 0.717) is 0 Å². The Hall–Kier alpha value is -0.600. The van der Waals surface area contributed by atoms with Gasteiger partial charge in [0.25, 0.3) is 6.17 Å². The SMILES string of the molecule is CCCOC(F)(F)C(F)(F)C(F)C(F)(F)F. The van der Waals surface area contributed by atoms with E-state index in [1.54, 1.807) is 0 Å². The van der Waals surface area contributed by atoms with Gasteiger partial charge in [-0.05, 0) is 6.42 Å². The zero-order chi connectivity index (χ0) is 13.2. The highest BCUT2D eigenvalue weighted by Gasteiger charge is 2.70. The van der Waals surface area contributed by atoms with Crippen LogP contribution in [0.1, 0.15) is 13.3 Å². The smallest absolute Gasteiger partial charge is 0.316 e. The molecule has 0 radical (unpaired) electrons. The summed E-state index contributed by atoms with van der Waals surface area (Å²) >= 11 is 0. The van der Waals surface area contributed by atoms with Crippen molar-refractivity contribution in [1.29, 1.82) is 0 Å². The maximum absolute atomic E-state index is 12.5. The first-order valence-electron chi connectivity index (χ1n) is 4.07. The van der Waals surface area contributed by atoms with Crippen molar-refractivity contribution in [2.45, 2.75) is 37.7 Å². The molecule has 0 aliphatic carbocycles. The number of halogens is 8. The maximum atomic E-state index is 12.5. The van der Waals surface area contributed by atoms with Gasteiger partial charge >= 0.3 is 18.2 Å². The fourth-order valence-corrected chi connectivity index (χ4v) is 0.680. The average molecular weight is 260 g/mol. The van der Waals surface area contributed by atoms with E-state index in [2.05, 4.69) is 4.74 Å². The molecule has 0 aromatic heterocycles. The molecule has 9 heteroatoms. The predicted octanol–water partition coefficient (Wildman–Crippen LogP) is 3.54. The third kappa shape index (κ3) is 3.19. The lowest BCUT2D eigenvalue weighted by molar-refractivity contribution is -0.386. The fourth-order valence-electron chi connectivity index (χ4n) is 0.680. The normalized spacial score (nSPS) is 16.3. The Labute approximate surface area is 85.4 Å². The molecule has 0 saturated carbocycles. The largest absolute Gasteiger partial charge is 0.426 e. The first kappa shape index (κ1) is 15.4. The number of rotatable bonds is 5. The Kier molecular flexibility index (Phi) is 4.55. The maximum Gasteiger partial charge on any atom is 0.426 e. The van der Waals surface area contributed by atoms with Crippen LogP contribution in [-0.2, 0) is 4.74 Å². The van der Waals surface area contributed by atoms with Gasteiger partial charge in [0.1, 0.15) is 0 Å². The van der Waals surface area contributed by atoms with Gasteiger partial charge in [-0.2, -0.15) is 30.7 Å². The van der Waals surface area contributed by atoms with Crippen LogP contribution in [-0.4, -0.2) is 31.0 Å². The number of ether oxygens (including phenoxy) is 1. The van der Waals surface area contributed by atoms with Crippen LogP contribution in [0.4, 0.5) is 35.1 Å². The van der Waals surface area contributed by atoms with Gasteiger partial charge in [0.15, 0.2) is 0 Å². The van der Waals surface area contributed by atoms with E-state index in [0.717, 1.165) is 0 Å². The summed E-state index contributed by atoms with van der Waals surface area (Å²) in [5.41, 5.74) is 0. The Bertz CT molecular complexity index is 223. The van der Waals surface area contributed by atoms with Gasteiger partial charge in [0.05, 0.1) is 6.61 Å². The topological polar surface area (TPSA) is 9.23 Å². The molecule has 1 nitrogen and oxygen atoms in total. The van der Waals surface area contributed by atoms with E-state index >= 15 is 0 Å². The Balaban J connectivity index is 4.88. The Morgan fingerprint density at radius 2 is 1.44 bits per heavy atom. The summed E-state index contributed by atoms with van der Waals surface area (Å²) < 4.78 is 99.9. The van der Waals surface area contributed by atoms with Crippen molar-refractivity contribution >= 4 is 0 Å². The summed E-state index contributed by atoms with van der Waals surface area (Å²) in [7, 11) is 0. The third-order valence-electron chi connectivity index (χ3n) is 1.48. The highest BCUT2D eigenvalue weighted by Crippen LogP contribution is 2.44. The summed E-state index contributed by atoms with van der Waals surface area (Å²) in [4.78, 5) is 0. The molecule has 0 aromatic rings. The Morgan fingerprint density at radius 1 is 1.00 bits per heavy atom. The number of alkyl halides is 8. The minimum absolute atomic E-state index is 0.130. The number of hydrogen-bond acceptors (Lipinski definition) is 1. The fraction of sp³-hybridized carbons (Fsp3) is 1.00. The molecular formula is C7H8F8O. The van der Waals surface area contributed by atoms with E-state index in [1.165, 1.54) is 6.92 Å². The van der Waals surface area contributed by atoms with Gasteiger partial charge in [0.2, 0.25) is 0 Å². The summed E-state index contributed by atoms with van der Waals surface area (Å²) in [6.07, 6.45) is -16.7. The molecule has 0 rings (SSSR count). The van der Waals surface area contributed by atoms with Crippen LogP contribution in [0.25, 0.3) is 0 Å². The van der Waals surface area contributed by atoms with Crippen LogP contribution < -0.4 is 0 Å². The molecule has 0 bridgehead atoms. The minimum Gasteiger partial charge on any atom is -0.316 e. The molecule has 0 heterocycles. The van der Waals surface area contributed by atoms with Gasteiger partial charge in [-0.25, -0.2) is 4.39 Å². The second kappa shape index (κ2) is 4.72. The zero-order valence-corrected chi connectivity index (χ0v) is 7.92. The van der Waals surface area contributed by atoms with Crippen molar-refractivity contribution in [1.82, 2.24) is 0 Å². The van der Waals surface area contributed by atoms with Crippen LogP contribution in [0.15, 0.2) is 0 Å². The van der Waals surface area contributed by atoms with E-state index < -0.39 is 31.0 Å². The lowest BCUT2D eigenvalue weighted by atomic mass is 10.2. The third-order valence-corrected chi connectivity index (χ3v) is 1.48. The van der Waals surface area contributed by atoms with Gasteiger partial charge in [-0.3, -0.25) is 0 Å². The van der Waals surface area contributed by atoms with Crippen LogP contribution in [0, 0.1) is 0 Å². The van der Waals surface area contributed by atoms with Crippen molar-refractivity contribution in [3.8, 4) is 0 Å². The van der Waals surface area contributed by atoms with Crippen LogP contribution in [0.3, 0.4) is 0 Å². The van der Waals surface area contributed by atoms with Gasteiger partial charge in [-0.1, -0.05) is 6.92 Å². The summed E-state index contributed by atoms with van der Waals surface area (Å²) in [6.45, 7) is 0.359. The molecule has 0 spiro atoms. The van der Waals surface area contributed by atoms with Crippen molar-refractivity contribution < 1.29 is 39.9 Å². The monoisotopic (exact) mass is 260 g/mol. The molecule has 0 saturated heterocycles. The van der Waals surface area contributed by atoms with Crippen molar-refractivity contribution in [3.05, 3.63) is 0 Å².